The second-order valence-electron chi connectivity index (χ2n) is 3.02. The van der Waals surface area contributed by atoms with E-state index in [1.807, 2.05) is 0 Å². The molecule has 6 nitrogen and oxygen atoms in total. The molecule has 0 heterocycles. The molecule has 0 spiro atoms. The van der Waals surface area contributed by atoms with Crippen LogP contribution < -0.4 is 5.32 Å². The van der Waals surface area contributed by atoms with Gasteiger partial charge in [-0.2, -0.15) is 0 Å². The predicted octanol–water partition coefficient (Wildman–Crippen LogP) is -0.682. The zero-order chi connectivity index (χ0) is 12.4. The van der Waals surface area contributed by atoms with E-state index >= 15 is 0 Å². The van der Waals surface area contributed by atoms with Crippen LogP contribution in [-0.4, -0.2) is 60.0 Å². The molecule has 0 aromatic heterocycles. The Labute approximate surface area is 98.4 Å². The van der Waals surface area contributed by atoms with Gasteiger partial charge in [0.15, 0.2) is 0 Å². The van der Waals surface area contributed by atoms with E-state index in [4.69, 9.17) is 14.9 Å². The Morgan fingerprint density at radius 2 is 2.19 bits per heavy atom. The fourth-order valence-electron chi connectivity index (χ4n) is 0.930. The number of hydrogen-bond donors (Lipinski definition) is 3. The lowest BCUT2D eigenvalue weighted by molar-refractivity contribution is -0.141. The summed E-state index contributed by atoms with van der Waals surface area (Å²) in [5.74, 6) is -0.605. The van der Waals surface area contributed by atoms with Crippen LogP contribution in [0.3, 0.4) is 0 Å². The number of aliphatic carboxylic acids is 1. The number of carboxylic acids is 1. The van der Waals surface area contributed by atoms with E-state index in [0.29, 0.717) is 12.4 Å². The maximum absolute atomic E-state index is 11.3. The molecule has 0 fully saturated rings. The van der Waals surface area contributed by atoms with E-state index < -0.39 is 12.0 Å². The van der Waals surface area contributed by atoms with Gasteiger partial charge >= 0.3 is 5.97 Å². The molecule has 0 aliphatic rings. The van der Waals surface area contributed by atoms with Crippen LogP contribution in [0, 0.1) is 0 Å². The number of nitrogens with one attached hydrogen (secondary N) is 1. The van der Waals surface area contributed by atoms with Crippen molar-refractivity contribution < 1.29 is 24.5 Å². The van der Waals surface area contributed by atoms with Crippen LogP contribution >= 0.6 is 11.8 Å². The van der Waals surface area contributed by atoms with Gasteiger partial charge in [-0.15, -0.1) is 11.8 Å². The van der Waals surface area contributed by atoms with Gasteiger partial charge in [0.1, 0.15) is 6.04 Å². The van der Waals surface area contributed by atoms with Crippen molar-refractivity contribution in [3.63, 3.8) is 0 Å². The molecule has 0 unspecified atom stereocenters. The molecule has 0 aromatic rings. The minimum Gasteiger partial charge on any atom is -0.480 e. The molecule has 0 aliphatic heterocycles. The third-order valence-corrected chi connectivity index (χ3v) is 2.64. The molecule has 7 heteroatoms. The topological polar surface area (TPSA) is 95.9 Å². The highest BCUT2D eigenvalue weighted by Crippen LogP contribution is 2.00. The molecule has 0 saturated carbocycles. The van der Waals surface area contributed by atoms with Crippen LogP contribution in [-0.2, 0) is 14.3 Å². The fraction of sp³-hybridized carbons (Fsp3) is 0.778. The predicted molar refractivity (Wildman–Crippen MR) is 60.5 cm³/mol. The van der Waals surface area contributed by atoms with Gasteiger partial charge in [0.25, 0.3) is 0 Å². The van der Waals surface area contributed by atoms with Crippen LogP contribution in [0.1, 0.15) is 6.42 Å². The van der Waals surface area contributed by atoms with Crippen molar-refractivity contribution in [1.29, 1.82) is 0 Å². The van der Waals surface area contributed by atoms with Crippen molar-refractivity contribution in [3.8, 4) is 0 Å². The molecular weight excluding hydrogens is 234 g/mol. The second kappa shape index (κ2) is 9.44. The zero-order valence-electron chi connectivity index (χ0n) is 9.14. The summed E-state index contributed by atoms with van der Waals surface area (Å²) in [7, 11) is 1.57. The lowest BCUT2D eigenvalue weighted by atomic mass is 10.2. The number of ether oxygens (including phenoxy) is 1. The first kappa shape index (κ1) is 15.2. The quantitative estimate of drug-likeness (QED) is 0.470. The summed E-state index contributed by atoms with van der Waals surface area (Å²) in [5.41, 5.74) is 0. The molecule has 0 rings (SSSR count). The summed E-state index contributed by atoms with van der Waals surface area (Å²) in [4.78, 5) is 21.9. The van der Waals surface area contributed by atoms with Crippen LogP contribution in [0.15, 0.2) is 0 Å². The summed E-state index contributed by atoms with van der Waals surface area (Å²) >= 11 is 1.37. The Hall–Kier alpha value is -0.790. The maximum atomic E-state index is 11.3. The summed E-state index contributed by atoms with van der Waals surface area (Å²) < 4.78 is 4.80. The first-order valence-electron chi connectivity index (χ1n) is 4.81. The summed E-state index contributed by atoms with van der Waals surface area (Å²) in [5, 5.41) is 19.7. The number of aliphatic hydroxyl groups excluding tert-OH is 1. The first-order valence-corrected chi connectivity index (χ1v) is 5.97. The Balaban J connectivity index is 3.77. The molecule has 0 aliphatic carbocycles. The lowest BCUT2D eigenvalue weighted by Gasteiger charge is -2.12. The van der Waals surface area contributed by atoms with Crippen molar-refractivity contribution in [1.82, 2.24) is 5.32 Å². The van der Waals surface area contributed by atoms with Gasteiger partial charge in [0.05, 0.1) is 12.4 Å². The summed E-state index contributed by atoms with van der Waals surface area (Å²) in [6.07, 6.45) is 0.0177. The summed E-state index contributed by atoms with van der Waals surface area (Å²) in [6, 6.07) is -1.01. The van der Waals surface area contributed by atoms with Crippen LogP contribution in [0.25, 0.3) is 0 Å². The molecule has 1 atom stereocenters. The fourth-order valence-corrected chi connectivity index (χ4v) is 1.63. The van der Waals surface area contributed by atoms with E-state index in [-0.39, 0.29) is 24.7 Å². The number of carbonyl (C=O) groups excluding carboxylic acids is 1. The maximum Gasteiger partial charge on any atom is 0.326 e. The van der Waals surface area contributed by atoms with Crippen LogP contribution in [0.4, 0.5) is 0 Å². The Bertz CT molecular complexity index is 224. The van der Waals surface area contributed by atoms with E-state index in [2.05, 4.69) is 5.32 Å². The molecule has 3 N–H and O–H groups in total. The number of carboxylic acid groups (broad SMARTS) is 1. The number of aliphatic hydroxyl groups is 1. The van der Waals surface area contributed by atoms with E-state index in [1.165, 1.54) is 11.8 Å². The van der Waals surface area contributed by atoms with Gasteiger partial charge in [0.2, 0.25) is 5.91 Å². The molecule has 0 radical (unpaired) electrons. The van der Waals surface area contributed by atoms with Crippen LogP contribution in [0.5, 0.6) is 0 Å². The lowest BCUT2D eigenvalue weighted by Crippen LogP contribution is -2.42. The van der Waals surface area contributed by atoms with Crippen molar-refractivity contribution in [3.05, 3.63) is 0 Å². The van der Waals surface area contributed by atoms with E-state index in [9.17, 15) is 9.59 Å². The van der Waals surface area contributed by atoms with Crippen LogP contribution in [0.2, 0.25) is 0 Å². The number of amides is 1. The highest BCUT2D eigenvalue weighted by atomic mass is 32.2. The third kappa shape index (κ3) is 7.49. The Morgan fingerprint density at radius 1 is 1.50 bits per heavy atom. The van der Waals surface area contributed by atoms with E-state index in [1.54, 1.807) is 7.11 Å². The molecule has 0 saturated heterocycles. The minimum absolute atomic E-state index is 0.0177. The largest absolute Gasteiger partial charge is 0.480 e. The van der Waals surface area contributed by atoms with Gasteiger partial charge in [-0.1, -0.05) is 0 Å². The Kier molecular flexibility index (Phi) is 8.97. The van der Waals surface area contributed by atoms with Gasteiger partial charge < -0.3 is 20.3 Å². The monoisotopic (exact) mass is 251 g/mol. The number of rotatable bonds is 9. The van der Waals surface area contributed by atoms with Gasteiger partial charge in [-0.05, 0) is 0 Å². The smallest absolute Gasteiger partial charge is 0.326 e. The molecule has 16 heavy (non-hydrogen) atoms. The molecule has 0 bridgehead atoms. The van der Waals surface area contributed by atoms with Gasteiger partial charge in [-0.25, -0.2) is 4.79 Å². The number of carbonyl (C=O) groups is 2. The van der Waals surface area contributed by atoms with E-state index in [0.717, 1.165) is 0 Å². The molecular formula is C9H17NO5S. The van der Waals surface area contributed by atoms with Crippen molar-refractivity contribution >= 4 is 23.6 Å². The zero-order valence-corrected chi connectivity index (χ0v) is 9.96. The van der Waals surface area contributed by atoms with Crippen molar-refractivity contribution in [2.45, 2.75) is 12.5 Å². The SMILES string of the molecule is COCCSCC(=O)N[C@@H](CCO)C(=O)O. The Morgan fingerprint density at radius 3 is 2.69 bits per heavy atom. The number of methoxy groups -OCH3 is 1. The number of hydrogen-bond acceptors (Lipinski definition) is 5. The van der Waals surface area contributed by atoms with Gasteiger partial charge in [-0.3, -0.25) is 4.79 Å². The normalized spacial score (nSPS) is 12.1. The number of thioether (sulfide) groups is 1. The molecule has 1 amide bonds. The van der Waals surface area contributed by atoms with Crippen molar-refractivity contribution in [2.75, 3.05) is 31.8 Å². The highest BCUT2D eigenvalue weighted by molar-refractivity contribution is 7.99. The average Bonchev–Trinajstić information content (AvgIpc) is 2.23. The highest BCUT2D eigenvalue weighted by Gasteiger charge is 2.18. The average molecular weight is 251 g/mol. The first-order chi connectivity index (χ1) is 7.61. The molecule has 94 valence electrons. The second-order valence-corrected chi connectivity index (χ2v) is 4.12. The van der Waals surface area contributed by atoms with Gasteiger partial charge in [0, 0.05) is 25.9 Å². The third-order valence-electron chi connectivity index (χ3n) is 1.72. The summed E-state index contributed by atoms with van der Waals surface area (Å²) in [6.45, 7) is 0.283. The molecule has 0 aromatic carbocycles. The minimum atomic E-state index is -1.13. The standard InChI is InChI=1S/C9H17NO5S/c1-15-4-5-16-6-8(12)10-7(2-3-11)9(13)14/h7,11H,2-6H2,1H3,(H,10,12)(H,13,14)/t7-/m0/s1. The van der Waals surface area contributed by atoms with Crippen molar-refractivity contribution in [2.24, 2.45) is 0 Å².